The average Bonchev–Trinajstić information content (AvgIpc) is 2.96. The van der Waals surface area contributed by atoms with Gasteiger partial charge in [-0.1, -0.05) is 6.92 Å². The van der Waals surface area contributed by atoms with Crippen LogP contribution in [-0.4, -0.2) is 81.6 Å². The molecule has 2 unspecified atom stereocenters. The van der Waals surface area contributed by atoms with Crippen molar-refractivity contribution >= 4 is 17.8 Å². The Morgan fingerprint density at radius 3 is 2.18 bits per heavy atom. The van der Waals surface area contributed by atoms with E-state index in [4.69, 9.17) is 9.47 Å². The molecule has 2 aliphatic heterocycles. The topological polar surface area (TPSA) is 179 Å². The lowest BCUT2D eigenvalue weighted by atomic mass is 9.90. The van der Waals surface area contributed by atoms with Gasteiger partial charge in [0.05, 0.1) is 31.3 Å². The number of rotatable bonds is 6. The highest BCUT2D eigenvalue weighted by molar-refractivity contribution is 5.88. The second-order valence-electron chi connectivity index (χ2n) is 10.5. The molecule has 4 rings (SSSR count). The molecular formula is C27H29F5N4O8. The van der Waals surface area contributed by atoms with Gasteiger partial charge in [0, 0.05) is 24.1 Å². The molecule has 12 nitrogen and oxygen atoms in total. The maximum absolute atomic E-state index is 14.6. The fourth-order valence-corrected chi connectivity index (χ4v) is 4.80. The van der Waals surface area contributed by atoms with Crippen LogP contribution < -0.4 is 16.0 Å². The van der Waals surface area contributed by atoms with Crippen LogP contribution in [0.1, 0.15) is 31.3 Å². The molecule has 1 aromatic carbocycles. The Morgan fingerprint density at radius 1 is 1.00 bits per heavy atom. The quantitative estimate of drug-likeness (QED) is 0.0849. The normalized spacial score (nSPS) is 27.7. The van der Waals surface area contributed by atoms with E-state index in [1.54, 1.807) is 0 Å². The van der Waals surface area contributed by atoms with Crippen molar-refractivity contribution in [2.45, 2.75) is 56.8 Å². The molecule has 2 saturated heterocycles. The first-order valence-electron chi connectivity index (χ1n) is 13.4. The van der Waals surface area contributed by atoms with Gasteiger partial charge in [-0.3, -0.25) is 19.9 Å². The van der Waals surface area contributed by atoms with Crippen molar-refractivity contribution in [3.05, 3.63) is 58.7 Å². The lowest BCUT2D eigenvalue weighted by molar-refractivity contribution is -0.164. The van der Waals surface area contributed by atoms with Crippen LogP contribution in [0.25, 0.3) is 0 Å². The lowest BCUT2D eigenvalue weighted by Gasteiger charge is -2.37. The third kappa shape index (κ3) is 6.59. The molecular weight excluding hydrogens is 603 g/mol. The molecule has 0 bridgehead atoms. The number of amides is 2. The molecule has 3 heterocycles. The number of carbonyl (C=O) groups is 3. The Morgan fingerprint density at radius 2 is 1.61 bits per heavy atom. The smallest absolute Gasteiger partial charge is 0.329 e. The summed E-state index contributed by atoms with van der Waals surface area (Å²) < 4.78 is 81.4. The van der Waals surface area contributed by atoms with Gasteiger partial charge in [0.1, 0.15) is 29.6 Å². The van der Waals surface area contributed by atoms with Crippen molar-refractivity contribution in [2.75, 3.05) is 13.2 Å². The number of pyridine rings is 1. The van der Waals surface area contributed by atoms with Crippen LogP contribution in [0.2, 0.25) is 0 Å². The minimum absolute atomic E-state index is 0.0497. The van der Waals surface area contributed by atoms with Crippen LogP contribution >= 0.6 is 0 Å². The van der Waals surface area contributed by atoms with Crippen LogP contribution in [0.15, 0.2) is 18.3 Å². The van der Waals surface area contributed by atoms with Gasteiger partial charge in [-0.25, -0.2) is 26.7 Å². The third-order valence-electron chi connectivity index (χ3n) is 7.54. The minimum atomic E-state index is -2.42. The summed E-state index contributed by atoms with van der Waals surface area (Å²) >= 11 is 0. The van der Waals surface area contributed by atoms with Crippen LogP contribution in [-0.2, 0) is 30.3 Å². The maximum Gasteiger partial charge on any atom is 0.329 e. The highest BCUT2D eigenvalue weighted by atomic mass is 19.2. The zero-order chi connectivity index (χ0) is 32.5. The number of carbonyl (C=O) groups excluding carboxylic acids is 3. The number of hydrogen-bond acceptors (Lipinski definition) is 10. The summed E-state index contributed by atoms with van der Waals surface area (Å²) in [7, 11) is 0. The predicted octanol–water partition coefficient (Wildman–Crippen LogP) is 0.233. The number of hydrogen-bond donors (Lipinski definition) is 6. The fraction of sp³-hybridized carbons (Fsp3) is 0.481. The van der Waals surface area contributed by atoms with Gasteiger partial charge in [-0.2, -0.15) is 0 Å². The number of esters is 1. The molecule has 0 spiro atoms. The number of aliphatic hydroxyl groups is 2. The van der Waals surface area contributed by atoms with E-state index in [1.807, 2.05) is 0 Å². The predicted molar refractivity (Wildman–Crippen MR) is 137 cm³/mol. The summed E-state index contributed by atoms with van der Waals surface area (Å²) in [5.74, 6) is -17.1. The number of nitrogens with zero attached hydrogens (tertiary/aromatic N) is 1. The van der Waals surface area contributed by atoms with Crippen molar-refractivity contribution in [3.63, 3.8) is 0 Å². The Balaban J connectivity index is 1.75. The second kappa shape index (κ2) is 13.4. The SMILES string of the molecule is C[C@H]1OC(=O)C(C2COC2)NC(=O)[C@H](C)[C@H](O)[C@H](Cc2c(F)c(F)c(F)c(F)c2F)NC(=O)[C@H]1NC(O)c1ncccc1O. The molecule has 44 heavy (non-hydrogen) atoms. The molecule has 2 aliphatic rings. The highest BCUT2D eigenvalue weighted by Crippen LogP contribution is 2.27. The molecule has 6 N–H and O–H groups in total. The van der Waals surface area contributed by atoms with E-state index in [0.29, 0.717) is 0 Å². The number of aromatic hydroxyl groups is 1. The van der Waals surface area contributed by atoms with Crippen molar-refractivity contribution < 1.29 is 61.1 Å². The number of cyclic esters (lactones) is 1. The maximum atomic E-state index is 14.6. The number of aliphatic hydroxyl groups excluding tert-OH is 2. The second-order valence-corrected chi connectivity index (χ2v) is 10.5. The molecule has 240 valence electrons. The zero-order valence-corrected chi connectivity index (χ0v) is 23.2. The van der Waals surface area contributed by atoms with Crippen molar-refractivity contribution in [1.29, 1.82) is 0 Å². The molecule has 2 fully saturated rings. The van der Waals surface area contributed by atoms with E-state index in [1.165, 1.54) is 25.3 Å². The summed E-state index contributed by atoms with van der Waals surface area (Å²) in [4.78, 5) is 43.6. The first-order valence-corrected chi connectivity index (χ1v) is 13.4. The molecule has 2 amide bonds. The van der Waals surface area contributed by atoms with Gasteiger partial charge in [0.15, 0.2) is 29.5 Å². The van der Waals surface area contributed by atoms with Crippen molar-refractivity contribution in [2.24, 2.45) is 11.8 Å². The molecule has 0 aliphatic carbocycles. The number of aromatic nitrogens is 1. The van der Waals surface area contributed by atoms with Crippen molar-refractivity contribution in [1.82, 2.24) is 20.9 Å². The Kier molecular flexibility index (Phi) is 10.0. The van der Waals surface area contributed by atoms with E-state index >= 15 is 0 Å². The number of ether oxygens (including phenoxy) is 2. The van der Waals surface area contributed by atoms with E-state index in [9.17, 15) is 51.7 Å². The molecule has 1 aromatic heterocycles. The Bertz CT molecular complexity index is 1400. The van der Waals surface area contributed by atoms with Gasteiger partial charge in [0.2, 0.25) is 17.6 Å². The number of nitrogens with one attached hydrogen (secondary N) is 3. The van der Waals surface area contributed by atoms with Crippen LogP contribution in [0.3, 0.4) is 0 Å². The summed E-state index contributed by atoms with van der Waals surface area (Å²) in [6.45, 7) is 2.47. The van der Waals surface area contributed by atoms with Gasteiger partial charge in [-0.05, 0) is 19.1 Å². The van der Waals surface area contributed by atoms with Crippen molar-refractivity contribution in [3.8, 4) is 5.75 Å². The average molecular weight is 633 g/mol. The highest BCUT2D eigenvalue weighted by Gasteiger charge is 2.43. The molecule has 0 radical (unpaired) electrons. The molecule has 2 aromatic rings. The van der Waals surface area contributed by atoms with Gasteiger partial charge in [0.25, 0.3) is 0 Å². The summed E-state index contributed by atoms with van der Waals surface area (Å²) in [5, 5.41) is 39.0. The number of halogens is 5. The zero-order valence-electron chi connectivity index (χ0n) is 23.2. The van der Waals surface area contributed by atoms with E-state index < -0.39 is 113 Å². The van der Waals surface area contributed by atoms with Gasteiger partial charge in [-0.15, -0.1) is 0 Å². The Labute approximate surface area is 246 Å². The van der Waals surface area contributed by atoms with E-state index in [0.717, 1.165) is 6.92 Å². The van der Waals surface area contributed by atoms with Crippen LogP contribution in [0.5, 0.6) is 5.75 Å². The number of benzene rings is 1. The molecule has 17 heteroatoms. The molecule has 0 saturated carbocycles. The largest absolute Gasteiger partial charge is 0.506 e. The summed E-state index contributed by atoms with van der Waals surface area (Å²) in [5.41, 5.74) is -1.72. The summed E-state index contributed by atoms with van der Waals surface area (Å²) in [6, 6.07) is -2.39. The third-order valence-corrected chi connectivity index (χ3v) is 7.54. The Hall–Kier alpha value is -3.93. The fourth-order valence-electron chi connectivity index (χ4n) is 4.80. The minimum Gasteiger partial charge on any atom is -0.506 e. The first kappa shape index (κ1) is 33.0. The van der Waals surface area contributed by atoms with E-state index in [2.05, 4.69) is 20.9 Å². The summed E-state index contributed by atoms with van der Waals surface area (Å²) in [6.07, 6.45) is -5.30. The standard InChI is InChI=1S/C27H29F5N4O8/c1-9-23(38)13(6-12-15(28)17(30)19(32)18(31)16(12)29)34-25(40)20(35-26(41)22-14(37)4-3-5-33-22)10(2)44-27(42)21(36-24(9)39)11-7-43-8-11/h3-5,9-11,13,20-21,23,26,35,37-38,41H,6-8H2,1-2H3,(H,34,40)(H,36,39)/t9-,10-,13+,20+,21?,23+,26?/m1/s1. The monoisotopic (exact) mass is 632 g/mol. The lowest BCUT2D eigenvalue weighted by Crippen LogP contribution is -2.62. The first-order chi connectivity index (χ1) is 20.7. The van der Waals surface area contributed by atoms with Gasteiger partial charge < -0.3 is 35.4 Å². The van der Waals surface area contributed by atoms with Crippen LogP contribution in [0.4, 0.5) is 22.0 Å². The van der Waals surface area contributed by atoms with Gasteiger partial charge >= 0.3 is 5.97 Å². The molecule has 7 atom stereocenters. The van der Waals surface area contributed by atoms with Crippen LogP contribution in [0, 0.1) is 40.9 Å². The van der Waals surface area contributed by atoms with E-state index in [-0.39, 0.29) is 18.9 Å².